The van der Waals surface area contributed by atoms with Crippen LogP contribution < -0.4 is 0 Å². The molecule has 0 spiro atoms. The van der Waals surface area contributed by atoms with E-state index in [0.29, 0.717) is 16.7 Å². The summed E-state index contributed by atoms with van der Waals surface area (Å²) in [7, 11) is 0. The van der Waals surface area contributed by atoms with Crippen molar-refractivity contribution in [1.29, 1.82) is 0 Å². The summed E-state index contributed by atoms with van der Waals surface area (Å²) < 4.78 is 0. The standard InChI is InChI=1S/C15H12O2.C7H8/c1-11(16)12-7-9-14(10-8-12)15(17)13-5-3-2-4-6-13;1-7-5-3-2-4-6-7/h2-10H,1H3;2-6H,1H3. The molecule has 0 atom stereocenters. The molecule has 0 aliphatic rings. The molecule has 0 fully saturated rings. The summed E-state index contributed by atoms with van der Waals surface area (Å²) in [4.78, 5) is 23.2. The van der Waals surface area contributed by atoms with E-state index in [4.69, 9.17) is 0 Å². The summed E-state index contributed by atoms with van der Waals surface area (Å²) >= 11 is 0. The lowest BCUT2D eigenvalue weighted by Crippen LogP contribution is -2.01. The Bertz CT molecular complexity index is 788. The van der Waals surface area contributed by atoms with E-state index in [1.165, 1.54) is 12.5 Å². The first-order chi connectivity index (χ1) is 11.6. The van der Waals surface area contributed by atoms with E-state index in [2.05, 4.69) is 19.1 Å². The van der Waals surface area contributed by atoms with Crippen molar-refractivity contribution in [1.82, 2.24) is 0 Å². The van der Waals surface area contributed by atoms with Gasteiger partial charge >= 0.3 is 0 Å². The number of benzene rings is 3. The zero-order valence-electron chi connectivity index (χ0n) is 13.9. The van der Waals surface area contributed by atoms with Crippen LogP contribution in [0.1, 0.15) is 38.8 Å². The van der Waals surface area contributed by atoms with Crippen LogP contribution in [0.25, 0.3) is 0 Å². The molecule has 0 radical (unpaired) electrons. The minimum Gasteiger partial charge on any atom is -0.295 e. The first-order valence-corrected chi connectivity index (χ1v) is 7.80. The van der Waals surface area contributed by atoms with E-state index in [1.807, 2.05) is 36.4 Å². The monoisotopic (exact) mass is 316 g/mol. The van der Waals surface area contributed by atoms with Crippen molar-refractivity contribution in [3.05, 3.63) is 107 Å². The normalized spacial score (nSPS) is 9.58. The molecule has 3 aromatic carbocycles. The second-order valence-corrected chi connectivity index (χ2v) is 5.48. The van der Waals surface area contributed by atoms with Crippen molar-refractivity contribution in [2.45, 2.75) is 13.8 Å². The van der Waals surface area contributed by atoms with Crippen molar-refractivity contribution < 1.29 is 9.59 Å². The molecule has 2 heteroatoms. The van der Waals surface area contributed by atoms with Crippen molar-refractivity contribution in [3.8, 4) is 0 Å². The Morgan fingerprint density at radius 3 is 1.42 bits per heavy atom. The highest BCUT2D eigenvalue weighted by Gasteiger charge is 2.08. The van der Waals surface area contributed by atoms with Crippen LogP contribution in [0.3, 0.4) is 0 Å². The van der Waals surface area contributed by atoms with Crippen LogP contribution >= 0.6 is 0 Å². The minimum absolute atomic E-state index is 0.00344. The second-order valence-electron chi connectivity index (χ2n) is 5.48. The summed E-state index contributed by atoms with van der Waals surface area (Å²) in [5, 5.41) is 0. The predicted molar refractivity (Wildman–Crippen MR) is 97.5 cm³/mol. The SMILES string of the molecule is CC(=O)c1ccc(C(=O)c2ccccc2)cc1.Cc1ccccc1. The zero-order chi connectivity index (χ0) is 17.4. The van der Waals surface area contributed by atoms with Crippen LogP contribution in [0.5, 0.6) is 0 Å². The third-order valence-electron chi connectivity index (χ3n) is 3.53. The lowest BCUT2D eigenvalue weighted by molar-refractivity contribution is 0.101. The third kappa shape index (κ3) is 5.03. The molecule has 3 rings (SSSR count). The van der Waals surface area contributed by atoms with Crippen LogP contribution in [0.4, 0.5) is 0 Å². The molecule has 2 nitrogen and oxygen atoms in total. The number of Topliss-reactive ketones (excluding diaryl/α,β-unsaturated/α-hetero) is 1. The van der Waals surface area contributed by atoms with E-state index in [0.717, 1.165) is 0 Å². The van der Waals surface area contributed by atoms with Gasteiger partial charge < -0.3 is 0 Å². The summed E-state index contributed by atoms with van der Waals surface area (Å²) in [6.07, 6.45) is 0. The molecule has 120 valence electrons. The number of rotatable bonds is 3. The number of aryl methyl sites for hydroxylation is 1. The van der Waals surface area contributed by atoms with Crippen LogP contribution in [-0.2, 0) is 0 Å². The molecule has 24 heavy (non-hydrogen) atoms. The van der Waals surface area contributed by atoms with E-state index in [9.17, 15) is 9.59 Å². The van der Waals surface area contributed by atoms with Crippen molar-refractivity contribution in [2.75, 3.05) is 0 Å². The van der Waals surface area contributed by atoms with E-state index in [1.54, 1.807) is 36.4 Å². The molecule has 0 saturated heterocycles. The molecule has 0 saturated carbocycles. The molecule has 0 aromatic heterocycles. The van der Waals surface area contributed by atoms with Crippen molar-refractivity contribution in [3.63, 3.8) is 0 Å². The van der Waals surface area contributed by atoms with Gasteiger partial charge in [-0.05, 0) is 13.8 Å². The van der Waals surface area contributed by atoms with E-state index < -0.39 is 0 Å². The Balaban J connectivity index is 0.000000249. The fraction of sp³-hybridized carbons (Fsp3) is 0.0909. The van der Waals surface area contributed by atoms with Gasteiger partial charge in [0.05, 0.1) is 0 Å². The van der Waals surface area contributed by atoms with Crippen molar-refractivity contribution in [2.24, 2.45) is 0 Å². The Hall–Kier alpha value is -3.00. The fourth-order valence-corrected chi connectivity index (χ4v) is 2.15. The molecule has 0 amide bonds. The van der Waals surface area contributed by atoms with Gasteiger partial charge in [-0.2, -0.15) is 0 Å². The van der Waals surface area contributed by atoms with Gasteiger partial charge in [0.2, 0.25) is 0 Å². The molecular formula is C22H20O2. The quantitative estimate of drug-likeness (QED) is 0.629. The first-order valence-electron chi connectivity index (χ1n) is 7.80. The smallest absolute Gasteiger partial charge is 0.193 e. The summed E-state index contributed by atoms with van der Waals surface area (Å²) in [5.74, 6) is -0.0237. The van der Waals surface area contributed by atoms with Gasteiger partial charge in [0.1, 0.15) is 0 Å². The van der Waals surface area contributed by atoms with Gasteiger partial charge in [-0.1, -0.05) is 90.5 Å². The lowest BCUT2D eigenvalue weighted by Gasteiger charge is -2.01. The lowest BCUT2D eigenvalue weighted by atomic mass is 10.0. The number of hydrogen-bond donors (Lipinski definition) is 0. The Kier molecular flexibility index (Phi) is 6.21. The fourth-order valence-electron chi connectivity index (χ4n) is 2.15. The van der Waals surface area contributed by atoms with Crippen LogP contribution in [0, 0.1) is 6.92 Å². The summed E-state index contributed by atoms with van der Waals surface area (Å²) in [6.45, 7) is 3.59. The molecule has 0 N–H and O–H groups in total. The maximum absolute atomic E-state index is 12.0. The molecule has 0 aliphatic carbocycles. The van der Waals surface area contributed by atoms with Crippen LogP contribution in [-0.4, -0.2) is 11.6 Å². The maximum Gasteiger partial charge on any atom is 0.193 e. The highest BCUT2D eigenvalue weighted by molar-refractivity contribution is 6.09. The molecule has 0 aliphatic heterocycles. The van der Waals surface area contributed by atoms with Crippen LogP contribution in [0.15, 0.2) is 84.9 Å². The Labute approximate surface area is 142 Å². The van der Waals surface area contributed by atoms with Gasteiger partial charge in [-0.25, -0.2) is 0 Å². The summed E-state index contributed by atoms with van der Waals surface area (Å²) in [6, 6.07) is 26.1. The number of ketones is 2. The Morgan fingerprint density at radius 1 is 0.583 bits per heavy atom. The third-order valence-corrected chi connectivity index (χ3v) is 3.53. The van der Waals surface area contributed by atoms with Crippen molar-refractivity contribution >= 4 is 11.6 Å². The van der Waals surface area contributed by atoms with E-state index >= 15 is 0 Å². The minimum atomic E-state index is -0.0271. The first kappa shape index (κ1) is 17.4. The molecule has 0 unspecified atom stereocenters. The van der Waals surface area contributed by atoms with Crippen LogP contribution in [0.2, 0.25) is 0 Å². The molecule has 0 heterocycles. The number of carbonyl (C=O) groups is 2. The highest BCUT2D eigenvalue weighted by Crippen LogP contribution is 2.11. The largest absolute Gasteiger partial charge is 0.295 e. The van der Waals surface area contributed by atoms with Gasteiger partial charge in [0.25, 0.3) is 0 Å². The highest BCUT2D eigenvalue weighted by atomic mass is 16.1. The predicted octanol–water partition coefficient (Wildman–Crippen LogP) is 5.12. The topological polar surface area (TPSA) is 34.1 Å². The molecule has 3 aromatic rings. The maximum atomic E-state index is 12.0. The average Bonchev–Trinajstić information content (AvgIpc) is 2.63. The molecule has 0 bridgehead atoms. The van der Waals surface area contributed by atoms with E-state index in [-0.39, 0.29) is 11.6 Å². The Morgan fingerprint density at radius 2 is 1.00 bits per heavy atom. The molecular weight excluding hydrogens is 296 g/mol. The van der Waals surface area contributed by atoms with Gasteiger partial charge in [-0.3, -0.25) is 9.59 Å². The average molecular weight is 316 g/mol. The second kappa shape index (κ2) is 8.59. The van der Waals surface area contributed by atoms with Gasteiger partial charge in [0.15, 0.2) is 11.6 Å². The zero-order valence-corrected chi connectivity index (χ0v) is 13.9. The summed E-state index contributed by atoms with van der Waals surface area (Å²) in [5.41, 5.74) is 3.20. The number of carbonyl (C=O) groups excluding carboxylic acids is 2. The van der Waals surface area contributed by atoms with Gasteiger partial charge in [-0.15, -0.1) is 0 Å². The number of hydrogen-bond acceptors (Lipinski definition) is 2. The van der Waals surface area contributed by atoms with Gasteiger partial charge in [0, 0.05) is 16.7 Å².